The Bertz CT molecular complexity index is 319. The van der Waals surface area contributed by atoms with Gasteiger partial charge in [0.15, 0.2) is 0 Å². The van der Waals surface area contributed by atoms with Crippen LogP contribution in [0.25, 0.3) is 0 Å². The van der Waals surface area contributed by atoms with Crippen molar-refractivity contribution in [2.24, 2.45) is 0 Å². The number of aliphatic hydroxyl groups is 1. The van der Waals surface area contributed by atoms with E-state index in [1.807, 2.05) is 18.2 Å². The first kappa shape index (κ1) is 10.3. The maximum absolute atomic E-state index is 9.44. The Hall–Kier alpha value is -1.22. The number of hydrogen-bond donors (Lipinski definition) is 1. The quantitative estimate of drug-likeness (QED) is 0.800. The van der Waals surface area contributed by atoms with Crippen LogP contribution < -0.4 is 9.64 Å². The van der Waals surface area contributed by atoms with Crippen molar-refractivity contribution in [3.63, 3.8) is 0 Å². The van der Waals surface area contributed by atoms with Crippen molar-refractivity contribution in [3.8, 4) is 5.75 Å². The van der Waals surface area contributed by atoms with E-state index in [0.29, 0.717) is 0 Å². The summed E-state index contributed by atoms with van der Waals surface area (Å²) in [5.74, 6) is 0.911. The number of anilines is 1. The summed E-state index contributed by atoms with van der Waals surface area (Å²) < 4.78 is 5.32. The van der Waals surface area contributed by atoms with Gasteiger partial charge in [-0.25, -0.2) is 0 Å². The normalized spacial score (nSPS) is 17.9. The van der Waals surface area contributed by atoms with E-state index in [1.165, 1.54) is 0 Å². The van der Waals surface area contributed by atoms with Crippen molar-refractivity contribution in [2.45, 2.75) is 18.9 Å². The molecule has 1 saturated heterocycles. The summed E-state index contributed by atoms with van der Waals surface area (Å²) >= 11 is 0. The van der Waals surface area contributed by atoms with Crippen LogP contribution in [0.2, 0.25) is 0 Å². The Morgan fingerprint density at radius 1 is 1.27 bits per heavy atom. The fraction of sp³-hybridized carbons (Fsp3) is 0.500. The van der Waals surface area contributed by atoms with Crippen molar-refractivity contribution in [1.82, 2.24) is 0 Å². The van der Waals surface area contributed by atoms with Gasteiger partial charge in [-0.1, -0.05) is 12.1 Å². The van der Waals surface area contributed by atoms with E-state index in [1.54, 1.807) is 7.11 Å². The minimum absolute atomic E-state index is 0.129. The summed E-state index contributed by atoms with van der Waals surface area (Å²) in [7, 11) is 1.69. The summed E-state index contributed by atoms with van der Waals surface area (Å²) in [6, 6.07) is 8.03. The van der Waals surface area contributed by atoms with E-state index in [4.69, 9.17) is 4.74 Å². The van der Waals surface area contributed by atoms with Gasteiger partial charge in [0, 0.05) is 13.1 Å². The molecule has 0 bridgehead atoms. The van der Waals surface area contributed by atoms with Crippen LogP contribution >= 0.6 is 0 Å². The van der Waals surface area contributed by atoms with E-state index in [-0.39, 0.29) is 6.10 Å². The molecule has 15 heavy (non-hydrogen) atoms. The molecule has 0 atom stereocenters. The molecule has 0 radical (unpaired) electrons. The predicted octanol–water partition coefficient (Wildman–Crippen LogP) is 1.66. The molecule has 1 aromatic carbocycles. The first-order chi connectivity index (χ1) is 7.31. The van der Waals surface area contributed by atoms with Crippen LogP contribution in [-0.2, 0) is 0 Å². The monoisotopic (exact) mass is 207 g/mol. The summed E-state index contributed by atoms with van der Waals surface area (Å²) in [6.45, 7) is 1.81. The van der Waals surface area contributed by atoms with Gasteiger partial charge in [-0.3, -0.25) is 0 Å². The molecule has 0 aromatic heterocycles. The van der Waals surface area contributed by atoms with Crippen molar-refractivity contribution in [1.29, 1.82) is 0 Å². The van der Waals surface area contributed by atoms with Crippen molar-refractivity contribution < 1.29 is 9.84 Å². The molecule has 1 fully saturated rings. The molecule has 0 saturated carbocycles. The lowest BCUT2D eigenvalue weighted by atomic mass is 10.1. The molecule has 2 rings (SSSR count). The molecule has 1 aromatic rings. The first-order valence-corrected chi connectivity index (χ1v) is 5.37. The summed E-state index contributed by atoms with van der Waals surface area (Å²) in [4.78, 5) is 2.27. The number of benzene rings is 1. The number of rotatable bonds is 2. The maximum atomic E-state index is 9.44. The Labute approximate surface area is 90.3 Å². The highest BCUT2D eigenvalue weighted by Gasteiger charge is 2.19. The zero-order valence-electron chi connectivity index (χ0n) is 9.02. The molecule has 3 nitrogen and oxygen atoms in total. The molecule has 0 unspecified atom stereocenters. The van der Waals surface area contributed by atoms with Gasteiger partial charge in [0.2, 0.25) is 0 Å². The SMILES string of the molecule is COc1ccccc1N1CCC(O)CC1. The fourth-order valence-corrected chi connectivity index (χ4v) is 2.00. The number of aliphatic hydroxyl groups excluding tert-OH is 1. The average Bonchev–Trinajstić information content (AvgIpc) is 2.30. The number of piperidine rings is 1. The molecular weight excluding hydrogens is 190 g/mol. The number of methoxy groups -OCH3 is 1. The second-order valence-corrected chi connectivity index (χ2v) is 3.89. The van der Waals surface area contributed by atoms with E-state index < -0.39 is 0 Å². The molecule has 1 aliphatic rings. The highest BCUT2D eigenvalue weighted by Crippen LogP contribution is 2.29. The highest BCUT2D eigenvalue weighted by molar-refractivity contribution is 5.58. The number of hydrogen-bond acceptors (Lipinski definition) is 3. The molecule has 82 valence electrons. The lowest BCUT2D eigenvalue weighted by Crippen LogP contribution is -2.35. The minimum Gasteiger partial charge on any atom is -0.495 e. The van der Waals surface area contributed by atoms with Gasteiger partial charge in [-0.2, -0.15) is 0 Å². The first-order valence-electron chi connectivity index (χ1n) is 5.37. The largest absolute Gasteiger partial charge is 0.495 e. The van der Waals surface area contributed by atoms with Crippen LogP contribution in [-0.4, -0.2) is 31.4 Å². The summed E-state index contributed by atoms with van der Waals surface area (Å²) in [6.07, 6.45) is 1.56. The predicted molar refractivity (Wildman–Crippen MR) is 60.4 cm³/mol. The summed E-state index contributed by atoms with van der Waals surface area (Å²) in [5, 5.41) is 9.44. The molecule has 0 spiro atoms. The van der Waals surface area contributed by atoms with E-state index in [0.717, 1.165) is 37.4 Å². The standard InChI is InChI=1S/C12H17NO2/c1-15-12-5-3-2-4-11(12)13-8-6-10(14)7-9-13/h2-5,10,14H,6-9H2,1H3. The van der Waals surface area contributed by atoms with Crippen LogP contribution in [0, 0.1) is 0 Å². The Kier molecular flexibility index (Phi) is 3.11. The maximum Gasteiger partial charge on any atom is 0.142 e. The Balaban J connectivity index is 2.15. The van der Waals surface area contributed by atoms with Crippen LogP contribution in [0.5, 0.6) is 5.75 Å². The Morgan fingerprint density at radius 2 is 1.93 bits per heavy atom. The fourth-order valence-electron chi connectivity index (χ4n) is 2.00. The minimum atomic E-state index is -0.129. The molecule has 3 heteroatoms. The third kappa shape index (κ3) is 2.23. The van der Waals surface area contributed by atoms with Crippen LogP contribution in [0.1, 0.15) is 12.8 Å². The van der Waals surface area contributed by atoms with Gasteiger partial charge in [-0.05, 0) is 25.0 Å². The summed E-state index contributed by atoms with van der Waals surface area (Å²) in [5.41, 5.74) is 1.13. The third-order valence-electron chi connectivity index (χ3n) is 2.89. The molecule has 0 amide bonds. The average molecular weight is 207 g/mol. The van der Waals surface area contributed by atoms with Crippen LogP contribution in [0.15, 0.2) is 24.3 Å². The molecule has 1 aliphatic heterocycles. The number of ether oxygens (including phenoxy) is 1. The van der Waals surface area contributed by atoms with Gasteiger partial charge >= 0.3 is 0 Å². The molecule has 1 N–H and O–H groups in total. The molecular formula is C12H17NO2. The third-order valence-corrected chi connectivity index (χ3v) is 2.89. The van der Waals surface area contributed by atoms with E-state index in [2.05, 4.69) is 11.0 Å². The number of para-hydroxylation sites is 2. The van der Waals surface area contributed by atoms with Gasteiger partial charge in [0.25, 0.3) is 0 Å². The van der Waals surface area contributed by atoms with Crippen LogP contribution in [0.4, 0.5) is 5.69 Å². The van der Waals surface area contributed by atoms with E-state index >= 15 is 0 Å². The van der Waals surface area contributed by atoms with Crippen LogP contribution in [0.3, 0.4) is 0 Å². The number of nitrogens with zero attached hydrogens (tertiary/aromatic N) is 1. The lowest BCUT2D eigenvalue weighted by molar-refractivity contribution is 0.145. The lowest BCUT2D eigenvalue weighted by Gasteiger charge is -2.32. The van der Waals surface area contributed by atoms with Gasteiger partial charge in [-0.15, -0.1) is 0 Å². The van der Waals surface area contributed by atoms with Gasteiger partial charge in [0.05, 0.1) is 18.9 Å². The second-order valence-electron chi connectivity index (χ2n) is 3.89. The van der Waals surface area contributed by atoms with Gasteiger partial charge in [0.1, 0.15) is 5.75 Å². The van der Waals surface area contributed by atoms with Crippen molar-refractivity contribution >= 4 is 5.69 Å². The molecule has 0 aliphatic carbocycles. The highest BCUT2D eigenvalue weighted by atomic mass is 16.5. The van der Waals surface area contributed by atoms with Crippen molar-refractivity contribution in [3.05, 3.63) is 24.3 Å². The smallest absolute Gasteiger partial charge is 0.142 e. The Morgan fingerprint density at radius 3 is 2.60 bits per heavy atom. The second kappa shape index (κ2) is 4.53. The van der Waals surface area contributed by atoms with Crippen molar-refractivity contribution in [2.75, 3.05) is 25.1 Å². The topological polar surface area (TPSA) is 32.7 Å². The van der Waals surface area contributed by atoms with E-state index in [9.17, 15) is 5.11 Å². The van der Waals surface area contributed by atoms with Gasteiger partial charge < -0.3 is 14.7 Å². The zero-order chi connectivity index (χ0) is 10.7. The zero-order valence-corrected chi connectivity index (χ0v) is 9.02. The molecule has 1 heterocycles.